The number of nitrogens with one attached hydrogen (secondary N) is 1. The molecule has 1 aromatic heterocycles. The fourth-order valence-electron chi connectivity index (χ4n) is 2.69. The number of amides is 2. The van der Waals surface area contributed by atoms with Gasteiger partial charge in [0.05, 0.1) is 0 Å². The highest BCUT2D eigenvalue weighted by Crippen LogP contribution is 2.32. The van der Waals surface area contributed by atoms with E-state index in [0.29, 0.717) is 13.1 Å². The van der Waals surface area contributed by atoms with Crippen LogP contribution in [-0.4, -0.2) is 24.0 Å². The van der Waals surface area contributed by atoms with E-state index in [4.69, 9.17) is 0 Å². The Labute approximate surface area is 140 Å². The molecule has 23 heavy (non-hydrogen) atoms. The number of hydrogen-bond acceptors (Lipinski definition) is 2. The summed E-state index contributed by atoms with van der Waals surface area (Å²) in [6, 6.07) is 16.5. The topological polar surface area (TPSA) is 32.3 Å². The number of anilines is 1. The van der Waals surface area contributed by atoms with Crippen LogP contribution in [0.5, 0.6) is 0 Å². The van der Waals surface area contributed by atoms with Gasteiger partial charge in [-0.05, 0) is 54.6 Å². The molecule has 0 radical (unpaired) electrons. The molecule has 0 unspecified atom stereocenters. The van der Waals surface area contributed by atoms with Gasteiger partial charge in [-0.1, -0.05) is 24.3 Å². The van der Waals surface area contributed by atoms with Gasteiger partial charge in [0.1, 0.15) is 0 Å². The Morgan fingerprint density at radius 2 is 1.78 bits per heavy atom. The van der Waals surface area contributed by atoms with Crippen molar-refractivity contribution in [2.45, 2.75) is 13.8 Å². The van der Waals surface area contributed by atoms with Crippen LogP contribution < -0.4 is 5.32 Å². The van der Waals surface area contributed by atoms with Crippen molar-refractivity contribution in [3.05, 3.63) is 53.9 Å². The number of carbonyl (C=O) groups is 1. The maximum absolute atomic E-state index is 12.1. The number of hydrogen-bond donors (Lipinski definition) is 1. The lowest BCUT2D eigenvalue weighted by Gasteiger charge is -2.19. The summed E-state index contributed by atoms with van der Waals surface area (Å²) in [6.07, 6.45) is 0. The number of urea groups is 1. The van der Waals surface area contributed by atoms with Gasteiger partial charge in [0, 0.05) is 28.9 Å². The molecule has 2 aromatic carbocycles. The minimum Gasteiger partial charge on any atom is -0.325 e. The molecule has 2 amide bonds. The number of benzene rings is 2. The molecule has 0 aliphatic rings. The van der Waals surface area contributed by atoms with Gasteiger partial charge in [0.25, 0.3) is 0 Å². The van der Waals surface area contributed by atoms with Crippen LogP contribution in [0.2, 0.25) is 0 Å². The third-order valence-electron chi connectivity index (χ3n) is 3.99. The molecule has 0 spiro atoms. The van der Waals surface area contributed by atoms with Crippen molar-refractivity contribution in [3.63, 3.8) is 0 Å². The van der Waals surface area contributed by atoms with E-state index in [1.807, 2.05) is 26.0 Å². The summed E-state index contributed by atoms with van der Waals surface area (Å²) in [5.41, 5.74) is 3.21. The van der Waals surface area contributed by atoms with Gasteiger partial charge in [-0.25, -0.2) is 4.79 Å². The van der Waals surface area contributed by atoms with Crippen LogP contribution in [-0.2, 0) is 0 Å². The van der Waals surface area contributed by atoms with E-state index < -0.39 is 0 Å². The normalized spacial score (nSPS) is 10.7. The van der Waals surface area contributed by atoms with Crippen molar-refractivity contribution in [2.75, 3.05) is 18.4 Å². The van der Waals surface area contributed by atoms with E-state index in [9.17, 15) is 4.79 Å². The van der Waals surface area contributed by atoms with Gasteiger partial charge in [0.2, 0.25) is 0 Å². The maximum Gasteiger partial charge on any atom is 0.321 e. The fraction of sp³-hybridized carbons (Fsp3) is 0.211. The molecule has 0 saturated heterocycles. The Bertz CT molecular complexity index is 804. The van der Waals surface area contributed by atoms with Crippen molar-refractivity contribution in [1.82, 2.24) is 4.90 Å². The van der Waals surface area contributed by atoms with Gasteiger partial charge >= 0.3 is 6.03 Å². The molecular formula is C19H20N2OS. The molecule has 3 nitrogen and oxygen atoms in total. The molecule has 0 bridgehead atoms. The molecule has 0 aliphatic heterocycles. The summed E-state index contributed by atoms with van der Waals surface area (Å²) in [5.74, 6) is 0. The smallest absolute Gasteiger partial charge is 0.321 e. The second-order valence-corrected chi connectivity index (χ2v) is 6.27. The average molecular weight is 324 g/mol. The highest BCUT2D eigenvalue weighted by Gasteiger charge is 2.09. The van der Waals surface area contributed by atoms with Crippen molar-refractivity contribution < 1.29 is 4.79 Å². The van der Waals surface area contributed by atoms with E-state index in [-0.39, 0.29) is 6.03 Å². The number of fused-ring (bicyclic) bond motifs is 1. The van der Waals surface area contributed by atoms with E-state index in [1.54, 1.807) is 16.2 Å². The second-order valence-electron chi connectivity index (χ2n) is 5.32. The van der Waals surface area contributed by atoms with Crippen molar-refractivity contribution in [2.24, 2.45) is 0 Å². The number of nitrogens with zero attached hydrogens (tertiary/aromatic N) is 1. The highest BCUT2D eigenvalue weighted by atomic mass is 32.1. The number of rotatable bonds is 4. The zero-order valence-electron chi connectivity index (χ0n) is 13.4. The minimum absolute atomic E-state index is 0.0531. The van der Waals surface area contributed by atoms with Gasteiger partial charge in [-0.15, -0.1) is 11.3 Å². The first-order chi connectivity index (χ1) is 11.2. The zero-order valence-corrected chi connectivity index (χ0v) is 14.2. The van der Waals surface area contributed by atoms with Crippen LogP contribution in [0, 0.1) is 0 Å². The lowest BCUT2D eigenvalue weighted by Crippen LogP contribution is -2.34. The summed E-state index contributed by atoms with van der Waals surface area (Å²) < 4.78 is 1.29. The minimum atomic E-state index is -0.0531. The standard InChI is InChI=1S/C19H20N2OS/c1-3-21(4-2)19(22)20-15-10-8-14(9-11-15)16-6-5-7-18-17(16)12-13-23-18/h5-13H,3-4H2,1-2H3,(H,20,22). The molecular weight excluding hydrogens is 304 g/mol. The Morgan fingerprint density at radius 3 is 2.48 bits per heavy atom. The molecule has 4 heteroatoms. The Balaban J connectivity index is 1.82. The first kappa shape index (κ1) is 15.6. The summed E-state index contributed by atoms with van der Waals surface area (Å²) in [6.45, 7) is 5.38. The van der Waals surface area contributed by atoms with Crippen molar-refractivity contribution in [1.29, 1.82) is 0 Å². The Hall–Kier alpha value is -2.33. The summed E-state index contributed by atoms with van der Waals surface area (Å²) in [7, 11) is 0. The molecule has 118 valence electrons. The lowest BCUT2D eigenvalue weighted by atomic mass is 10.0. The first-order valence-electron chi connectivity index (χ1n) is 7.85. The van der Waals surface area contributed by atoms with Crippen LogP contribution in [0.25, 0.3) is 21.2 Å². The monoisotopic (exact) mass is 324 g/mol. The number of thiophene rings is 1. The van der Waals surface area contributed by atoms with Crippen LogP contribution in [0.1, 0.15) is 13.8 Å². The fourth-order valence-corrected chi connectivity index (χ4v) is 3.51. The van der Waals surface area contributed by atoms with Gasteiger partial charge in [-0.2, -0.15) is 0 Å². The molecule has 0 saturated carbocycles. The highest BCUT2D eigenvalue weighted by molar-refractivity contribution is 7.17. The van der Waals surface area contributed by atoms with Crippen LogP contribution >= 0.6 is 11.3 Å². The zero-order chi connectivity index (χ0) is 16.2. The average Bonchev–Trinajstić information content (AvgIpc) is 3.05. The van der Waals surface area contributed by atoms with Crippen LogP contribution in [0.3, 0.4) is 0 Å². The largest absolute Gasteiger partial charge is 0.325 e. The summed E-state index contributed by atoms with van der Waals surface area (Å²) in [4.78, 5) is 13.8. The predicted molar refractivity (Wildman–Crippen MR) is 99.2 cm³/mol. The predicted octanol–water partition coefficient (Wildman–Crippen LogP) is 5.44. The van der Waals surface area contributed by atoms with Crippen molar-refractivity contribution >= 4 is 33.1 Å². The number of carbonyl (C=O) groups excluding carboxylic acids is 1. The molecule has 1 heterocycles. The van der Waals surface area contributed by atoms with E-state index in [1.165, 1.54) is 15.6 Å². The SMILES string of the molecule is CCN(CC)C(=O)Nc1ccc(-c2cccc3sccc23)cc1. The third kappa shape index (κ3) is 3.22. The van der Waals surface area contributed by atoms with Gasteiger partial charge in [-0.3, -0.25) is 0 Å². The molecule has 0 atom stereocenters. The van der Waals surface area contributed by atoms with Crippen LogP contribution in [0.4, 0.5) is 10.5 Å². The Kier molecular flexibility index (Phi) is 4.63. The quantitative estimate of drug-likeness (QED) is 0.680. The van der Waals surface area contributed by atoms with E-state index >= 15 is 0 Å². The molecule has 0 fully saturated rings. The molecule has 3 rings (SSSR count). The van der Waals surface area contributed by atoms with Gasteiger partial charge < -0.3 is 10.2 Å². The summed E-state index contributed by atoms with van der Waals surface area (Å²) >= 11 is 1.75. The molecule has 3 aromatic rings. The molecule has 1 N–H and O–H groups in total. The maximum atomic E-state index is 12.1. The lowest BCUT2D eigenvalue weighted by molar-refractivity contribution is 0.217. The van der Waals surface area contributed by atoms with Crippen LogP contribution in [0.15, 0.2) is 53.9 Å². The summed E-state index contributed by atoms with van der Waals surface area (Å²) in [5, 5.41) is 6.34. The van der Waals surface area contributed by atoms with E-state index in [0.717, 1.165) is 11.3 Å². The van der Waals surface area contributed by atoms with Gasteiger partial charge in [0.15, 0.2) is 0 Å². The second kappa shape index (κ2) is 6.84. The third-order valence-corrected chi connectivity index (χ3v) is 4.88. The molecule has 0 aliphatic carbocycles. The Morgan fingerprint density at radius 1 is 1.04 bits per heavy atom. The van der Waals surface area contributed by atoms with E-state index in [2.05, 4.69) is 47.1 Å². The van der Waals surface area contributed by atoms with Crippen molar-refractivity contribution in [3.8, 4) is 11.1 Å². The first-order valence-corrected chi connectivity index (χ1v) is 8.73.